The zero-order chi connectivity index (χ0) is 46.1. The maximum absolute atomic E-state index is 12.8. The van der Waals surface area contributed by atoms with Crippen LogP contribution < -0.4 is 0 Å². The molecular weight excluding hydrogens is 781 g/mol. The second-order valence-corrected chi connectivity index (χ2v) is 20.3. The van der Waals surface area contributed by atoms with Crippen LogP contribution in [-0.2, 0) is 28.6 Å². The number of hydrogen-bond donors (Lipinski definition) is 0. The zero-order valence-corrected chi connectivity index (χ0v) is 43.2. The monoisotopic (exact) mass is 891 g/mol. The summed E-state index contributed by atoms with van der Waals surface area (Å²) < 4.78 is 16.9. The van der Waals surface area contributed by atoms with Gasteiger partial charge in [-0.1, -0.05) is 279 Å². The Morgan fingerprint density at radius 2 is 0.603 bits per heavy atom. The summed E-state index contributed by atoms with van der Waals surface area (Å²) in [5, 5.41) is 0. The predicted molar refractivity (Wildman–Crippen MR) is 270 cm³/mol. The molecule has 1 unspecified atom stereocenters. The highest BCUT2D eigenvalue weighted by molar-refractivity contribution is 5.71. The van der Waals surface area contributed by atoms with E-state index in [1.54, 1.807) is 0 Å². The van der Waals surface area contributed by atoms with Crippen LogP contribution in [0.2, 0.25) is 0 Å². The van der Waals surface area contributed by atoms with Crippen molar-refractivity contribution in [3.05, 3.63) is 0 Å². The average molecular weight is 892 g/mol. The van der Waals surface area contributed by atoms with Crippen molar-refractivity contribution in [3.63, 3.8) is 0 Å². The van der Waals surface area contributed by atoms with E-state index < -0.39 is 6.10 Å². The summed E-state index contributed by atoms with van der Waals surface area (Å²) in [5.41, 5.74) is 0. The number of carbonyl (C=O) groups is 3. The Morgan fingerprint density at radius 1 is 0.333 bits per heavy atom. The molecule has 0 saturated carbocycles. The lowest BCUT2D eigenvalue weighted by Crippen LogP contribution is -2.30. The molecule has 0 aromatic heterocycles. The van der Waals surface area contributed by atoms with Crippen LogP contribution in [0, 0.1) is 11.8 Å². The first-order valence-electron chi connectivity index (χ1n) is 28.3. The van der Waals surface area contributed by atoms with Gasteiger partial charge in [0.2, 0.25) is 0 Å². The molecule has 0 aromatic rings. The highest BCUT2D eigenvalue weighted by atomic mass is 16.6. The Kier molecular flexibility index (Phi) is 48.6. The summed E-state index contributed by atoms with van der Waals surface area (Å²) in [6.45, 7) is 11.4. The Hall–Kier alpha value is -1.59. The fraction of sp³-hybridized carbons (Fsp3) is 0.947. The van der Waals surface area contributed by atoms with Crippen molar-refractivity contribution in [1.29, 1.82) is 0 Å². The van der Waals surface area contributed by atoms with Gasteiger partial charge in [-0.15, -0.1) is 0 Å². The van der Waals surface area contributed by atoms with Crippen LogP contribution in [0.15, 0.2) is 0 Å². The molecule has 0 aliphatic heterocycles. The number of unbranched alkanes of at least 4 members (excludes halogenated alkanes) is 35. The van der Waals surface area contributed by atoms with Crippen molar-refractivity contribution >= 4 is 17.9 Å². The lowest BCUT2D eigenvalue weighted by molar-refractivity contribution is -0.167. The van der Waals surface area contributed by atoms with E-state index in [-0.39, 0.29) is 31.1 Å². The van der Waals surface area contributed by atoms with Crippen LogP contribution in [-0.4, -0.2) is 37.2 Å². The molecule has 0 aliphatic rings. The van der Waals surface area contributed by atoms with Gasteiger partial charge >= 0.3 is 17.9 Å². The molecule has 63 heavy (non-hydrogen) atoms. The van der Waals surface area contributed by atoms with Gasteiger partial charge in [0.1, 0.15) is 13.2 Å². The van der Waals surface area contributed by atoms with Gasteiger partial charge in [0.25, 0.3) is 0 Å². The van der Waals surface area contributed by atoms with Gasteiger partial charge in [-0.2, -0.15) is 0 Å². The van der Waals surface area contributed by atoms with Gasteiger partial charge in [0.15, 0.2) is 6.10 Å². The lowest BCUT2D eigenvalue weighted by atomic mass is 9.99. The molecule has 0 spiro atoms. The van der Waals surface area contributed by atoms with Gasteiger partial charge in [0.05, 0.1) is 0 Å². The van der Waals surface area contributed by atoms with Crippen molar-refractivity contribution in [1.82, 2.24) is 0 Å². The smallest absolute Gasteiger partial charge is 0.306 e. The molecule has 0 N–H and O–H groups in total. The Balaban J connectivity index is 4.27. The molecule has 374 valence electrons. The first-order chi connectivity index (χ1) is 30.8. The standard InChI is InChI=1S/C57H110O6/c1-6-8-9-10-11-12-13-14-15-16-17-18-19-20-21-27-32-37-42-47-55(58)61-50-54(51-62-56(59)48-43-38-33-29-24-25-30-35-40-45-52(3)4)63-57(60)49-44-39-34-28-23-22-26-31-36-41-46-53(5)7-2/h52-54H,6-51H2,1-5H3/t53?,54-/m0/s1. The summed E-state index contributed by atoms with van der Waals surface area (Å²) in [5.74, 6) is 0.831. The average Bonchev–Trinajstić information content (AvgIpc) is 3.27. The SMILES string of the molecule is CCCCCCCCCCCCCCCCCCCCCC(=O)OC[C@@H](COC(=O)CCCCCCCCCCCC(C)C)OC(=O)CCCCCCCCCCCCC(C)CC. The van der Waals surface area contributed by atoms with Crippen molar-refractivity contribution in [2.75, 3.05) is 13.2 Å². The Morgan fingerprint density at radius 3 is 0.905 bits per heavy atom. The van der Waals surface area contributed by atoms with Gasteiger partial charge in [0, 0.05) is 19.3 Å². The van der Waals surface area contributed by atoms with Crippen molar-refractivity contribution in [2.24, 2.45) is 11.8 Å². The minimum atomic E-state index is -0.763. The predicted octanol–water partition coefficient (Wildman–Crippen LogP) is 18.5. The largest absolute Gasteiger partial charge is 0.462 e. The maximum atomic E-state index is 12.8. The number of ether oxygens (including phenoxy) is 3. The number of hydrogen-bond acceptors (Lipinski definition) is 6. The third kappa shape index (κ3) is 49.7. The molecule has 0 bridgehead atoms. The minimum absolute atomic E-state index is 0.0634. The number of rotatable bonds is 51. The van der Waals surface area contributed by atoms with E-state index in [2.05, 4.69) is 34.6 Å². The fourth-order valence-corrected chi connectivity index (χ4v) is 8.66. The molecule has 0 fully saturated rings. The van der Waals surface area contributed by atoms with Crippen LogP contribution in [0.25, 0.3) is 0 Å². The van der Waals surface area contributed by atoms with E-state index in [0.29, 0.717) is 19.3 Å². The van der Waals surface area contributed by atoms with Gasteiger partial charge in [-0.3, -0.25) is 14.4 Å². The molecule has 0 rings (SSSR count). The first-order valence-corrected chi connectivity index (χ1v) is 28.3. The van der Waals surface area contributed by atoms with E-state index in [9.17, 15) is 14.4 Å². The van der Waals surface area contributed by atoms with Crippen LogP contribution in [0.4, 0.5) is 0 Å². The van der Waals surface area contributed by atoms with Crippen LogP contribution in [0.3, 0.4) is 0 Å². The van der Waals surface area contributed by atoms with Crippen molar-refractivity contribution < 1.29 is 28.6 Å². The normalized spacial score (nSPS) is 12.5. The van der Waals surface area contributed by atoms with E-state index in [4.69, 9.17) is 14.2 Å². The van der Waals surface area contributed by atoms with Crippen molar-refractivity contribution in [2.45, 2.75) is 323 Å². The first kappa shape index (κ1) is 61.4. The molecular formula is C57H110O6. The van der Waals surface area contributed by atoms with Gasteiger partial charge in [-0.05, 0) is 31.1 Å². The van der Waals surface area contributed by atoms with E-state index in [1.807, 2.05) is 0 Å². The molecule has 0 aromatic carbocycles. The quantitative estimate of drug-likeness (QED) is 0.0344. The zero-order valence-electron chi connectivity index (χ0n) is 43.2. The summed E-state index contributed by atoms with van der Waals surface area (Å²) in [7, 11) is 0. The summed E-state index contributed by atoms with van der Waals surface area (Å²) in [6.07, 6.45) is 52.3. The van der Waals surface area contributed by atoms with Crippen LogP contribution in [0.5, 0.6) is 0 Å². The molecule has 0 radical (unpaired) electrons. The highest BCUT2D eigenvalue weighted by Gasteiger charge is 2.19. The number of esters is 3. The van der Waals surface area contributed by atoms with Gasteiger partial charge < -0.3 is 14.2 Å². The van der Waals surface area contributed by atoms with E-state index in [1.165, 1.54) is 205 Å². The third-order valence-corrected chi connectivity index (χ3v) is 13.3. The van der Waals surface area contributed by atoms with Crippen molar-refractivity contribution in [3.8, 4) is 0 Å². The highest BCUT2D eigenvalue weighted by Crippen LogP contribution is 2.18. The number of carbonyl (C=O) groups excluding carboxylic acids is 3. The molecule has 6 nitrogen and oxygen atoms in total. The second-order valence-electron chi connectivity index (χ2n) is 20.3. The minimum Gasteiger partial charge on any atom is -0.462 e. The molecule has 0 aliphatic carbocycles. The molecule has 6 heteroatoms. The molecule has 0 amide bonds. The maximum Gasteiger partial charge on any atom is 0.306 e. The Labute approximate surface area is 393 Å². The summed E-state index contributed by atoms with van der Waals surface area (Å²) >= 11 is 0. The van der Waals surface area contributed by atoms with E-state index in [0.717, 1.165) is 69.6 Å². The molecule has 0 saturated heterocycles. The van der Waals surface area contributed by atoms with Gasteiger partial charge in [-0.25, -0.2) is 0 Å². The summed E-state index contributed by atoms with van der Waals surface area (Å²) in [6, 6.07) is 0. The van der Waals surface area contributed by atoms with Crippen LogP contribution in [0.1, 0.15) is 317 Å². The topological polar surface area (TPSA) is 78.9 Å². The lowest BCUT2D eigenvalue weighted by Gasteiger charge is -2.18. The molecule has 0 heterocycles. The van der Waals surface area contributed by atoms with Crippen LogP contribution >= 0.6 is 0 Å². The third-order valence-electron chi connectivity index (χ3n) is 13.3. The second kappa shape index (κ2) is 49.8. The fourth-order valence-electron chi connectivity index (χ4n) is 8.66. The summed E-state index contributed by atoms with van der Waals surface area (Å²) in [4.78, 5) is 38.1. The van der Waals surface area contributed by atoms with E-state index >= 15 is 0 Å². The molecule has 2 atom stereocenters. The Bertz CT molecular complexity index is 964.